The fraction of sp³-hybridized carbons (Fsp3) is 0.864. The number of aliphatic hydroxyl groups is 1. The summed E-state index contributed by atoms with van der Waals surface area (Å²) in [5, 5.41) is 9.13. The molecule has 0 amide bonds. The van der Waals surface area contributed by atoms with Crippen molar-refractivity contribution in [3.63, 3.8) is 0 Å². The van der Waals surface area contributed by atoms with E-state index in [-0.39, 0.29) is 45.0 Å². The Kier molecular flexibility index (Phi) is 12.1. The van der Waals surface area contributed by atoms with Gasteiger partial charge in [0.1, 0.15) is 13.6 Å². The molecule has 1 fully saturated rings. The van der Waals surface area contributed by atoms with Crippen molar-refractivity contribution < 1.29 is 38.3 Å². The number of hydrogen-bond donors (Lipinski definition) is 1. The third kappa shape index (κ3) is 8.61. The van der Waals surface area contributed by atoms with Gasteiger partial charge in [-0.25, -0.2) is 0 Å². The molecule has 1 N–H and O–H groups in total. The third-order valence-corrected chi connectivity index (χ3v) is 5.75. The maximum absolute atomic E-state index is 11.2. The van der Waals surface area contributed by atoms with Crippen LogP contribution in [0.4, 0.5) is 0 Å². The van der Waals surface area contributed by atoms with Crippen LogP contribution in [0.3, 0.4) is 0 Å². The number of aliphatic hydroxyl groups excluding tert-OH is 1. The number of esters is 1. The standard InChI is InChI=1S/C22H40O8/c1-17(10-13-23)7-8-19-21(3,28-15-25-5)11-9-20(30-19)22(4,29-16-26-6)12-14-27-18(2)24/h10,19-20,23H,7-9,11-16H2,1-6H3/b17-10+/t19-,20+,21+,22-/m1/s1. The van der Waals surface area contributed by atoms with Crippen LogP contribution in [-0.4, -0.2) is 75.5 Å². The summed E-state index contributed by atoms with van der Waals surface area (Å²) in [7, 11) is 3.17. The summed E-state index contributed by atoms with van der Waals surface area (Å²) in [5.41, 5.74) is -0.0719. The lowest BCUT2D eigenvalue weighted by atomic mass is 9.80. The van der Waals surface area contributed by atoms with Gasteiger partial charge < -0.3 is 33.5 Å². The van der Waals surface area contributed by atoms with Crippen LogP contribution in [0, 0.1) is 0 Å². The van der Waals surface area contributed by atoms with Gasteiger partial charge in [-0.05, 0) is 46.5 Å². The fourth-order valence-electron chi connectivity index (χ4n) is 3.70. The molecule has 1 aliphatic heterocycles. The highest BCUT2D eigenvalue weighted by atomic mass is 16.7. The van der Waals surface area contributed by atoms with Crippen molar-refractivity contribution in [3.8, 4) is 0 Å². The van der Waals surface area contributed by atoms with Gasteiger partial charge in [-0.2, -0.15) is 0 Å². The molecular formula is C22H40O8. The van der Waals surface area contributed by atoms with Crippen LogP contribution < -0.4 is 0 Å². The molecule has 0 aromatic rings. The molecule has 176 valence electrons. The predicted molar refractivity (Wildman–Crippen MR) is 112 cm³/mol. The second kappa shape index (κ2) is 13.4. The quantitative estimate of drug-likeness (QED) is 0.254. The first-order valence-corrected chi connectivity index (χ1v) is 10.5. The van der Waals surface area contributed by atoms with Crippen LogP contribution in [-0.2, 0) is 33.2 Å². The lowest BCUT2D eigenvalue weighted by Crippen LogP contribution is -2.56. The van der Waals surface area contributed by atoms with E-state index in [4.69, 9.17) is 33.5 Å². The van der Waals surface area contributed by atoms with Gasteiger partial charge in [0.25, 0.3) is 0 Å². The van der Waals surface area contributed by atoms with Gasteiger partial charge in [0.2, 0.25) is 0 Å². The van der Waals surface area contributed by atoms with Crippen molar-refractivity contribution >= 4 is 5.97 Å². The van der Waals surface area contributed by atoms with E-state index in [1.54, 1.807) is 20.3 Å². The summed E-state index contributed by atoms with van der Waals surface area (Å²) >= 11 is 0. The summed E-state index contributed by atoms with van der Waals surface area (Å²) in [6.45, 7) is 7.98. The minimum atomic E-state index is -0.678. The van der Waals surface area contributed by atoms with Gasteiger partial charge in [0, 0.05) is 27.6 Å². The topological polar surface area (TPSA) is 92.7 Å². The fourth-order valence-corrected chi connectivity index (χ4v) is 3.70. The molecule has 1 heterocycles. The van der Waals surface area contributed by atoms with E-state index < -0.39 is 11.2 Å². The Balaban J connectivity index is 2.96. The van der Waals surface area contributed by atoms with Gasteiger partial charge in [-0.15, -0.1) is 0 Å². The van der Waals surface area contributed by atoms with Crippen LogP contribution in [0.2, 0.25) is 0 Å². The first kappa shape index (κ1) is 27.0. The van der Waals surface area contributed by atoms with Crippen molar-refractivity contribution in [2.45, 2.75) is 83.2 Å². The highest BCUT2D eigenvalue weighted by Crippen LogP contribution is 2.40. The largest absolute Gasteiger partial charge is 0.466 e. The Bertz CT molecular complexity index is 537. The zero-order valence-corrected chi connectivity index (χ0v) is 19.4. The number of ether oxygens (including phenoxy) is 6. The van der Waals surface area contributed by atoms with Gasteiger partial charge in [0.15, 0.2) is 0 Å². The van der Waals surface area contributed by atoms with E-state index in [1.807, 2.05) is 20.8 Å². The van der Waals surface area contributed by atoms with E-state index in [2.05, 4.69) is 0 Å². The number of carbonyl (C=O) groups excluding carboxylic acids is 1. The maximum atomic E-state index is 11.2. The van der Waals surface area contributed by atoms with E-state index >= 15 is 0 Å². The van der Waals surface area contributed by atoms with Crippen LogP contribution >= 0.6 is 0 Å². The van der Waals surface area contributed by atoms with Gasteiger partial charge in [-0.1, -0.05) is 11.6 Å². The first-order valence-electron chi connectivity index (χ1n) is 10.5. The van der Waals surface area contributed by atoms with E-state index in [1.165, 1.54) is 6.92 Å². The average molecular weight is 433 g/mol. The lowest BCUT2D eigenvalue weighted by molar-refractivity contribution is -0.266. The van der Waals surface area contributed by atoms with E-state index in [0.29, 0.717) is 6.42 Å². The van der Waals surface area contributed by atoms with Crippen LogP contribution in [0.1, 0.15) is 59.8 Å². The molecule has 0 unspecified atom stereocenters. The normalized spacial score (nSPS) is 27.0. The van der Waals surface area contributed by atoms with Crippen molar-refractivity contribution in [2.75, 3.05) is 41.0 Å². The summed E-state index contributed by atoms with van der Waals surface area (Å²) < 4.78 is 34.0. The van der Waals surface area contributed by atoms with E-state index in [0.717, 1.165) is 31.3 Å². The summed E-state index contributed by atoms with van der Waals surface area (Å²) in [4.78, 5) is 11.2. The number of hydrogen-bond acceptors (Lipinski definition) is 8. The summed E-state index contributed by atoms with van der Waals surface area (Å²) in [5.74, 6) is -0.321. The minimum absolute atomic E-state index is 0.0243. The molecular weight excluding hydrogens is 392 g/mol. The number of allylic oxidation sites excluding steroid dienone is 1. The molecule has 0 radical (unpaired) electrons. The highest BCUT2D eigenvalue weighted by molar-refractivity contribution is 5.65. The SMILES string of the molecule is COCO[C@](C)(CCOC(C)=O)[C@@H]1CC[C@](C)(OCOC)[C@@H](CC/C(C)=C/CO)O1. The van der Waals surface area contributed by atoms with Gasteiger partial charge in [-0.3, -0.25) is 4.79 Å². The smallest absolute Gasteiger partial charge is 0.302 e. The van der Waals surface area contributed by atoms with Crippen molar-refractivity contribution in [3.05, 3.63) is 11.6 Å². The molecule has 1 saturated heterocycles. The van der Waals surface area contributed by atoms with Crippen molar-refractivity contribution in [1.29, 1.82) is 0 Å². The van der Waals surface area contributed by atoms with Crippen LogP contribution in [0.15, 0.2) is 11.6 Å². The van der Waals surface area contributed by atoms with Crippen LogP contribution in [0.5, 0.6) is 0 Å². The molecule has 4 atom stereocenters. The Morgan fingerprint density at radius 3 is 2.57 bits per heavy atom. The number of carbonyl (C=O) groups is 1. The molecule has 0 saturated carbocycles. The Labute approximate surface area is 180 Å². The van der Waals surface area contributed by atoms with E-state index in [9.17, 15) is 4.79 Å². The molecule has 8 heteroatoms. The first-order chi connectivity index (χ1) is 14.2. The number of rotatable bonds is 14. The minimum Gasteiger partial charge on any atom is -0.466 e. The second-order valence-corrected chi connectivity index (χ2v) is 8.24. The van der Waals surface area contributed by atoms with Crippen molar-refractivity contribution in [1.82, 2.24) is 0 Å². The molecule has 1 rings (SSSR count). The molecule has 30 heavy (non-hydrogen) atoms. The molecule has 0 aromatic carbocycles. The molecule has 8 nitrogen and oxygen atoms in total. The Morgan fingerprint density at radius 1 is 1.27 bits per heavy atom. The average Bonchev–Trinajstić information content (AvgIpc) is 2.70. The lowest BCUT2D eigenvalue weighted by Gasteiger charge is -2.49. The van der Waals surface area contributed by atoms with Gasteiger partial charge in [0.05, 0.1) is 36.6 Å². The summed E-state index contributed by atoms with van der Waals surface area (Å²) in [6, 6.07) is 0. The number of methoxy groups -OCH3 is 2. The third-order valence-electron chi connectivity index (χ3n) is 5.75. The van der Waals surface area contributed by atoms with Crippen molar-refractivity contribution in [2.24, 2.45) is 0 Å². The molecule has 0 bridgehead atoms. The molecule has 0 spiro atoms. The zero-order valence-electron chi connectivity index (χ0n) is 19.4. The molecule has 0 aliphatic carbocycles. The maximum Gasteiger partial charge on any atom is 0.302 e. The predicted octanol–water partition coefficient (Wildman–Crippen LogP) is 2.96. The zero-order chi connectivity index (χ0) is 22.6. The second-order valence-electron chi connectivity index (χ2n) is 8.24. The molecule has 0 aromatic heterocycles. The summed E-state index contributed by atoms with van der Waals surface area (Å²) in [6.07, 6.45) is 4.92. The molecule has 1 aliphatic rings. The highest BCUT2D eigenvalue weighted by Gasteiger charge is 2.48. The Hall–Kier alpha value is -1.03. The van der Waals surface area contributed by atoms with Crippen LogP contribution in [0.25, 0.3) is 0 Å². The van der Waals surface area contributed by atoms with Gasteiger partial charge >= 0.3 is 5.97 Å². The Morgan fingerprint density at radius 2 is 1.97 bits per heavy atom. The monoisotopic (exact) mass is 432 g/mol.